The maximum Gasteiger partial charge on any atom is 0.0830 e. The van der Waals surface area contributed by atoms with Gasteiger partial charge in [0.1, 0.15) is 0 Å². The lowest BCUT2D eigenvalue weighted by atomic mass is 10.1. The number of piperidine rings is 1. The molecular weight excluding hydrogens is 215 g/mol. The average molecular weight is 224 g/mol. The Kier molecular flexibility index (Phi) is 2.75. The first-order valence-corrected chi connectivity index (χ1v) is 3.77. The van der Waals surface area contributed by atoms with Gasteiger partial charge in [-0.1, -0.05) is 0 Å². The summed E-state index contributed by atoms with van der Waals surface area (Å²) in [6.45, 7) is 2.17. The zero-order valence-electron chi connectivity index (χ0n) is 4.65. The van der Waals surface area contributed by atoms with E-state index in [1.165, 1.54) is 18.6 Å². The van der Waals surface area contributed by atoms with Crippen LogP contribution in [0.5, 0.6) is 0 Å². The third kappa shape index (κ3) is 1.70. The lowest BCUT2D eigenvalue weighted by molar-refractivity contribution is 0.675. The summed E-state index contributed by atoms with van der Waals surface area (Å²) in [4.78, 5) is 0. The summed E-state index contributed by atoms with van der Waals surface area (Å²) in [6.07, 6.45) is 2.44. The Morgan fingerprint density at radius 1 is 1.62 bits per heavy atom. The van der Waals surface area contributed by atoms with Gasteiger partial charge in [-0.05, 0) is 19.4 Å². The van der Waals surface area contributed by atoms with Gasteiger partial charge in [-0.2, -0.15) is 0 Å². The highest BCUT2D eigenvalue weighted by Gasteiger charge is 2.03. The zero-order chi connectivity index (χ0) is 5.82. The van der Waals surface area contributed by atoms with Gasteiger partial charge in [-0.3, -0.25) is 0 Å². The minimum absolute atomic E-state index is 1.00. The Bertz CT molecular complexity index is 92.6. The number of rotatable bonds is 0. The molecule has 3 heteroatoms. The standard InChI is InChI=1S/C5H9IN2/c6-8-5-2-1-3-7-4-5/h7H,1-4H2. The second kappa shape index (κ2) is 3.40. The number of nitrogens with one attached hydrogen (secondary N) is 1. The van der Waals surface area contributed by atoms with Gasteiger partial charge >= 0.3 is 0 Å². The van der Waals surface area contributed by atoms with Gasteiger partial charge in [0.15, 0.2) is 0 Å². The van der Waals surface area contributed by atoms with Gasteiger partial charge < -0.3 is 5.32 Å². The third-order valence-corrected chi connectivity index (χ3v) is 1.95. The second-order valence-corrected chi connectivity index (χ2v) is 2.41. The predicted molar refractivity (Wildman–Crippen MR) is 43.6 cm³/mol. The minimum atomic E-state index is 1.00. The van der Waals surface area contributed by atoms with Crippen molar-refractivity contribution in [3.05, 3.63) is 0 Å². The molecule has 0 aromatic heterocycles. The number of halogens is 1. The van der Waals surface area contributed by atoms with Crippen LogP contribution < -0.4 is 5.32 Å². The van der Waals surface area contributed by atoms with E-state index in [0.29, 0.717) is 0 Å². The summed E-state index contributed by atoms with van der Waals surface area (Å²) < 4.78 is 4.07. The fraction of sp³-hybridized carbons (Fsp3) is 0.800. The number of hydrogen-bond acceptors (Lipinski definition) is 2. The highest BCUT2D eigenvalue weighted by molar-refractivity contribution is 14.1. The molecule has 0 aromatic carbocycles. The largest absolute Gasteiger partial charge is 0.311 e. The van der Waals surface area contributed by atoms with Crippen LogP contribution in [0, 0.1) is 0 Å². The van der Waals surface area contributed by atoms with Crippen LogP contribution in [0.3, 0.4) is 0 Å². The van der Waals surface area contributed by atoms with Crippen molar-refractivity contribution >= 4 is 28.6 Å². The van der Waals surface area contributed by atoms with Crippen molar-refractivity contribution in [3.63, 3.8) is 0 Å². The molecule has 1 saturated heterocycles. The van der Waals surface area contributed by atoms with Crippen molar-refractivity contribution < 1.29 is 0 Å². The monoisotopic (exact) mass is 224 g/mol. The molecule has 1 rings (SSSR count). The zero-order valence-corrected chi connectivity index (χ0v) is 6.81. The summed E-state index contributed by atoms with van der Waals surface area (Å²) in [6, 6.07) is 0. The number of nitrogens with zero attached hydrogens (tertiary/aromatic N) is 1. The van der Waals surface area contributed by atoms with Crippen LogP contribution >= 0.6 is 22.9 Å². The third-order valence-electron chi connectivity index (χ3n) is 1.27. The van der Waals surface area contributed by atoms with Crippen molar-refractivity contribution in [3.8, 4) is 0 Å². The summed E-state index contributed by atoms with van der Waals surface area (Å²) in [5.74, 6) is 0. The van der Waals surface area contributed by atoms with Crippen LogP contribution in [0.1, 0.15) is 12.8 Å². The molecule has 0 radical (unpaired) electrons. The second-order valence-electron chi connectivity index (χ2n) is 1.93. The van der Waals surface area contributed by atoms with E-state index in [2.05, 4.69) is 31.4 Å². The van der Waals surface area contributed by atoms with Crippen LogP contribution in [0.2, 0.25) is 0 Å². The van der Waals surface area contributed by atoms with Crippen molar-refractivity contribution in [2.24, 2.45) is 3.21 Å². The van der Waals surface area contributed by atoms with Gasteiger partial charge in [0, 0.05) is 12.3 Å². The predicted octanol–water partition coefficient (Wildman–Crippen LogP) is 1.16. The molecule has 0 bridgehead atoms. The van der Waals surface area contributed by atoms with Crippen LogP contribution in [0.15, 0.2) is 3.21 Å². The normalized spacial score (nSPS) is 26.4. The van der Waals surface area contributed by atoms with E-state index in [4.69, 9.17) is 0 Å². The lowest BCUT2D eigenvalue weighted by Crippen LogP contribution is -2.29. The lowest BCUT2D eigenvalue weighted by Gasteiger charge is -2.11. The molecular formula is C5H9IN2. The average Bonchev–Trinajstić information content (AvgIpc) is 1.90. The van der Waals surface area contributed by atoms with Crippen molar-refractivity contribution in [2.75, 3.05) is 13.1 Å². The quantitative estimate of drug-likeness (QED) is 0.613. The molecule has 1 aliphatic rings. The molecule has 1 fully saturated rings. The van der Waals surface area contributed by atoms with Crippen molar-refractivity contribution in [2.45, 2.75) is 12.8 Å². The van der Waals surface area contributed by atoms with Crippen LogP contribution in [0.25, 0.3) is 0 Å². The highest BCUT2D eigenvalue weighted by atomic mass is 127. The smallest absolute Gasteiger partial charge is 0.0830 e. The van der Waals surface area contributed by atoms with Crippen LogP contribution in [-0.2, 0) is 0 Å². The van der Waals surface area contributed by atoms with E-state index in [9.17, 15) is 0 Å². The molecule has 1 heterocycles. The number of hydrogen-bond donors (Lipinski definition) is 1. The van der Waals surface area contributed by atoms with Gasteiger partial charge in [0.05, 0.1) is 22.9 Å². The Labute approximate surface area is 63.3 Å². The van der Waals surface area contributed by atoms with Crippen molar-refractivity contribution in [1.29, 1.82) is 0 Å². The Morgan fingerprint density at radius 3 is 2.88 bits per heavy atom. The molecule has 0 unspecified atom stereocenters. The molecule has 1 N–H and O–H groups in total. The molecule has 1 aliphatic heterocycles. The van der Waals surface area contributed by atoms with Gasteiger partial charge in [-0.25, -0.2) is 3.21 Å². The maximum absolute atomic E-state index is 4.07. The fourth-order valence-electron chi connectivity index (χ4n) is 0.811. The highest BCUT2D eigenvalue weighted by Crippen LogP contribution is 1.99. The molecule has 2 nitrogen and oxygen atoms in total. The first kappa shape index (κ1) is 6.48. The summed E-state index contributed by atoms with van der Waals surface area (Å²) >= 11 is 2.05. The molecule has 0 aliphatic carbocycles. The molecule has 8 heavy (non-hydrogen) atoms. The Balaban J connectivity index is 2.33. The minimum Gasteiger partial charge on any atom is -0.311 e. The maximum atomic E-state index is 4.07. The SMILES string of the molecule is IN=C1CCCNC1. The Morgan fingerprint density at radius 2 is 2.50 bits per heavy atom. The van der Waals surface area contributed by atoms with E-state index in [1.54, 1.807) is 0 Å². The molecule has 0 amide bonds. The van der Waals surface area contributed by atoms with E-state index in [-0.39, 0.29) is 0 Å². The van der Waals surface area contributed by atoms with Gasteiger partial charge in [0.2, 0.25) is 0 Å². The summed E-state index contributed by atoms with van der Waals surface area (Å²) in [7, 11) is 0. The molecule has 0 aromatic rings. The van der Waals surface area contributed by atoms with Crippen molar-refractivity contribution in [1.82, 2.24) is 5.32 Å². The Hall–Kier alpha value is 0.360. The summed E-state index contributed by atoms with van der Waals surface area (Å²) in [5, 5.41) is 3.25. The molecule has 0 spiro atoms. The first-order valence-electron chi connectivity index (χ1n) is 2.81. The van der Waals surface area contributed by atoms with Gasteiger partial charge in [-0.15, -0.1) is 0 Å². The fourth-order valence-corrected chi connectivity index (χ4v) is 1.22. The topological polar surface area (TPSA) is 24.4 Å². The summed E-state index contributed by atoms with van der Waals surface area (Å²) in [5.41, 5.74) is 1.30. The first-order chi connectivity index (χ1) is 3.93. The van der Waals surface area contributed by atoms with Crippen LogP contribution in [-0.4, -0.2) is 18.8 Å². The van der Waals surface area contributed by atoms with Gasteiger partial charge in [0.25, 0.3) is 0 Å². The van der Waals surface area contributed by atoms with E-state index >= 15 is 0 Å². The van der Waals surface area contributed by atoms with E-state index < -0.39 is 0 Å². The van der Waals surface area contributed by atoms with E-state index in [1.807, 2.05) is 0 Å². The molecule has 0 saturated carbocycles. The van der Waals surface area contributed by atoms with E-state index in [0.717, 1.165) is 13.1 Å². The molecule has 0 atom stereocenters. The molecule has 46 valence electrons. The van der Waals surface area contributed by atoms with Crippen LogP contribution in [0.4, 0.5) is 0 Å².